The van der Waals surface area contributed by atoms with Gasteiger partial charge in [0.15, 0.2) is 11.5 Å². The van der Waals surface area contributed by atoms with Gasteiger partial charge in [-0.3, -0.25) is 4.79 Å². The van der Waals surface area contributed by atoms with Crippen LogP contribution in [0.4, 0.5) is 0 Å². The zero-order valence-corrected chi connectivity index (χ0v) is 16.0. The van der Waals surface area contributed by atoms with Crippen LogP contribution in [0.1, 0.15) is 28.8 Å². The molecule has 5 nitrogen and oxygen atoms in total. The predicted molar refractivity (Wildman–Crippen MR) is 106 cm³/mol. The van der Waals surface area contributed by atoms with E-state index in [0.29, 0.717) is 28.6 Å². The van der Waals surface area contributed by atoms with Gasteiger partial charge in [-0.25, -0.2) is 0 Å². The van der Waals surface area contributed by atoms with Crippen molar-refractivity contribution in [3.8, 4) is 11.5 Å². The lowest BCUT2D eigenvalue weighted by Gasteiger charge is -2.16. The molecular weight excluding hydrogens is 364 g/mol. The minimum Gasteiger partial charge on any atom is -0.493 e. The highest BCUT2D eigenvalue weighted by atomic mass is 35.5. The van der Waals surface area contributed by atoms with E-state index in [9.17, 15) is 4.79 Å². The Labute approximate surface area is 162 Å². The van der Waals surface area contributed by atoms with Crippen molar-refractivity contribution >= 4 is 28.4 Å². The summed E-state index contributed by atoms with van der Waals surface area (Å²) in [4.78, 5) is 15.9. The molecule has 1 aliphatic carbocycles. The Balaban J connectivity index is 1.52. The molecule has 2 N–H and O–H groups in total. The zero-order chi connectivity index (χ0) is 19.0. The van der Waals surface area contributed by atoms with Gasteiger partial charge in [0.2, 0.25) is 0 Å². The lowest BCUT2D eigenvalue weighted by molar-refractivity contribution is 0.0949. The molecule has 2 aromatic carbocycles. The minimum atomic E-state index is -0.120. The number of nitrogens with one attached hydrogen (secondary N) is 2. The number of amides is 1. The number of carbonyl (C=O) groups is 1. The highest BCUT2D eigenvalue weighted by Gasteiger charge is 2.45. The number of carbonyl (C=O) groups excluding carboxylic acids is 1. The summed E-state index contributed by atoms with van der Waals surface area (Å²) in [7, 11) is 3.13. The van der Waals surface area contributed by atoms with Crippen LogP contribution in [0.15, 0.2) is 42.6 Å². The van der Waals surface area contributed by atoms with Crippen LogP contribution in [0.3, 0.4) is 0 Å². The van der Waals surface area contributed by atoms with Gasteiger partial charge in [0.05, 0.1) is 14.2 Å². The number of aromatic nitrogens is 1. The molecule has 27 heavy (non-hydrogen) atoms. The minimum absolute atomic E-state index is 0.0156. The fourth-order valence-electron chi connectivity index (χ4n) is 3.56. The number of rotatable bonds is 6. The van der Waals surface area contributed by atoms with Gasteiger partial charge in [-0.15, -0.1) is 0 Å². The van der Waals surface area contributed by atoms with Crippen molar-refractivity contribution < 1.29 is 14.3 Å². The van der Waals surface area contributed by atoms with Crippen LogP contribution in [0, 0.1) is 0 Å². The highest BCUT2D eigenvalue weighted by Crippen LogP contribution is 2.50. The molecule has 0 spiro atoms. The molecular formula is C21H21ClN2O3. The van der Waals surface area contributed by atoms with Crippen LogP contribution in [0.25, 0.3) is 10.9 Å². The van der Waals surface area contributed by atoms with Crippen molar-refractivity contribution in [3.05, 3.63) is 58.7 Å². The number of benzene rings is 2. The van der Waals surface area contributed by atoms with Crippen LogP contribution >= 0.6 is 11.6 Å². The van der Waals surface area contributed by atoms with Crippen molar-refractivity contribution in [1.29, 1.82) is 0 Å². The quantitative estimate of drug-likeness (QED) is 0.666. The maximum absolute atomic E-state index is 12.6. The van der Waals surface area contributed by atoms with Gasteiger partial charge < -0.3 is 19.8 Å². The van der Waals surface area contributed by atoms with E-state index in [0.717, 1.165) is 23.7 Å². The van der Waals surface area contributed by atoms with Gasteiger partial charge in [0, 0.05) is 39.6 Å². The number of ether oxygens (including phenoxy) is 2. The summed E-state index contributed by atoms with van der Waals surface area (Å²) < 4.78 is 10.5. The molecule has 3 aromatic rings. The third-order valence-electron chi connectivity index (χ3n) is 5.30. The monoisotopic (exact) mass is 384 g/mol. The first kappa shape index (κ1) is 17.7. The van der Waals surface area contributed by atoms with Crippen molar-refractivity contribution in [3.63, 3.8) is 0 Å². The molecule has 0 bridgehead atoms. The van der Waals surface area contributed by atoms with Crippen LogP contribution < -0.4 is 14.8 Å². The molecule has 0 radical (unpaired) electrons. The van der Waals surface area contributed by atoms with Crippen LogP contribution in [-0.4, -0.2) is 31.7 Å². The van der Waals surface area contributed by atoms with Crippen LogP contribution in [-0.2, 0) is 5.41 Å². The van der Waals surface area contributed by atoms with E-state index >= 15 is 0 Å². The summed E-state index contributed by atoms with van der Waals surface area (Å²) in [5.41, 5.74) is 2.80. The zero-order valence-electron chi connectivity index (χ0n) is 15.3. The van der Waals surface area contributed by atoms with Gasteiger partial charge in [-0.05, 0) is 48.7 Å². The molecule has 1 heterocycles. The average molecular weight is 385 g/mol. The molecule has 1 aliphatic rings. The normalized spacial score (nSPS) is 14.8. The van der Waals surface area contributed by atoms with Gasteiger partial charge in [-0.2, -0.15) is 0 Å². The number of hydrogen-bond donors (Lipinski definition) is 2. The van der Waals surface area contributed by atoms with Gasteiger partial charge >= 0.3 is 0 Å². The Morgan fingerprint density at radius 1 is 1.15 bits per heavy atom. The average Bonchev–Trinajstić information content (AvgIpc) is 3.36. The van der Waals surface area contributed by atoms with E-state index in [1.54, 1.807) is 32.4 Å². The second-order valence-corrected chi connectivity index (χ2v) is 7.36. The van der Waals surface area contributed by atoms with Crippen molar-refractivity contribution in [2.24, 2.45) is 0 Å². The molecule has 0 unspecified atom stereocenters. The Kier molecular flexibility index (Phi) is 4.48. The first-order valence-electron chi connectivity index (χ1n) is 8.84. The van der Waals surface area contributed by atoms with Crippen molar-refractivity contribution in [2.45, 2.75) is 18.3 Å². The Hall–Kier alpha value is -2.66. The SMILES string of the molecule is COc1ccc(C(=O)NCC2(c3c[nH]c4cc(Cl)ccc34)CC2)cc1OC. The van der Waals surface area contributed by atoms with E-state index in [4.69, 9.17) is 21.1 Å². The summed E-state index contributed by atoms with van der Waals surface area (Å²) in [5.74, 6) is 1.02. The summed E-state index contributed by atoms with van der Waals surface area (Å²) in [5, 5.41) is 4.95. The van der Waals surface area contributed by atoms with E-state index in [2.05, 4.69) is 10.3 Å². The number of aromatic amines is 1. The molecule has 1 amide bonds. The summed E-state index contributed by atoms with van der Waals surface area (Å²) in [6.45, 7) is 0.593. The van der Waals surface area contributed by atoms with E-state index < -0.39 is 0 Å². The fraction of sp³-hybridized carbons (Fsp3) is 0.286. The fourth-order valence-corrected chi connectivity index (χ4v) is 3.73. The first-order valence-corrected chi connectivity index (χ1v) is 9.21. The maximum Gasteiger partial charge on any atom is 0.251 e. The summed E-state index contributed by atoms with van der Waals surface area (Å²) in [6.07, 6.45) is 4.14. The van der Waals surface area contributed by atoms with Crippen molar-refractivity contribution in [2.75, 3.05) is 20.8 Å². The molecule has 6 heteroatoms. The third kappa shape index (κ3) is 3.23. The van der Waals surface area contributed by atoms with Crippen LogP contribution in [0.5, 0.6) is 11.5 Å². The molecule has 1 aromatic heterocycles. The lowest BCUT2D eigenvalue weighted by atomic mass is 9.95. The second-order valence-electron chi connectivity index (χ2n) is 6.93. The molecule has 0 saturated heterocycles. The Morgan fingerprint density at radius 2 is 1.93 bits per heavy atom. The van der Waals surface area contributed by atoms with Gasteiger partial charge in [0.1, 0.15) is 0 Å². The molecule has 1 saturated carbocycles. The molecule has 4 rings (SSSR count). The number of H-pyrrole nitrogens is 1. The Morgan fingerprint density at radius 3 is 2.63 bits per heavy atom. The first-order chi connectivity index (χ1) is 13.1. The largest absolute Gasteiger partial charge is 0.493 e. The van der Waals surface area contributed by atoms with E-state index in [1.165, 1.54) is 5.56 Å². The third-order valence-corrected chi connectivity index (χ3v) is 5.54. The lowest BCUT2D eigenvalue weighted by Crippen LogP contribution is -2.32. The Bertz CT molecular complexity index is 1010. The highest BCUT2D eigenvalue weighted by molar-refractivity contribution is 6.31. The van der Waals surface area contributed by atoms with E-state index in [1.807, 2.05) is 24.4 Å². The molecule has 0 aliphatic heterocycles. The number of fused-ring (bicyclic) bond motifs is 1. The summed E-state index contributed by atoms with van der Waals surface area (Å²) in [6, 6.07) is 11.0. The van der Waals surface area contributed by atoms with Gasteiger partial charge in [0.25, 0.3) is 5.91 Å². The second kappa shape index (κ2) is 6.82. The molecule has 0 atom stereocenters. The van der Waals surface area contributed by atoms with Crippen LogP contribution in [0.2, 0.25) is 5.02 Å². The smallest absolute Gasteiger partial charge is 0.251 e. The van der Waals surface area contributed by atoms with Gasteiger partial charge in [-0.1, -0.05) is 17.7 Å². The number of halogens is 1. The topological polar surface area (TPSA) is 63.3 Å². The molecule has 140 valence electrons. The predicted octanol–water partition coefficient (Wildman–Crippen LogP) is 4.30. The molecule has 1 fully saturated rings. The number of hydrogen-bond acceptors (Lipinski definition) is 3. The van der Waals surface area contributed by atoms with E-state index in [-0.39, 0.29) is 11.3 Å². The maximum atomic E-state index is 12.6. The number of methoxy groups -OCH3 is 2. The standard InChI is InChI=1S/C21H21ClN2O3/c1-26-18-6-3-13(9-19(18)27-2)20(25)24-12-21(7-8-21)16-11-23-17-10-14(22)4-5-15(16)17/h3-6,9-11,23H,7-8,12H2,1-2H3,(H,24,25). The van der Waals surface area contributed by atoms with Crippen molar-refractivity contribution in [1.82, 2.24) is 10.3 Å². The summed E-state index contributed by atoms with van der Waals surface area (Å²) >= 11 is 6.08.